The Bertz CT molecular complexity index is 1120. The van der Waals surface area contributed by atoms with Crippen molar-refractivity contribution in [3.8, 4) is 17.2 Å². The third-order valence-electron chi connectivity index (χ3n) is 4.96. The molecular weight excluding hydrogens is 460 g/mol. The zero-order chi connectivity index (χ0) is 24.7. The van der Waals surface area contributed by atoms with Gasteiger partial charge < -0.3 is 24.6 Å². The van der Waals surface area contributed by atoms with Crippen LogP contribution in [0.15, 0.2) is 66.9 Å². The molecule has 9 heteroatoms. The Kier molecular flexibility index (Phi) is 8.32. The normalized spacial score (nSPS) is 13.3. The van der Waals surface area contributed by atoms with Crippen molar-refractivity contribution in [3.05, 3.63) is 83.1 Å². The number of hydrogen-bond donors (Lipinski definition) is 2. The van der Waals surface area contributed by atoms with Gasteiger partial charge in [0.25, 0.3) is 5.91 Å². The van der Waals surface area contributed by atoms with Gasteiger partial charge in [0.05, 0.1) is 7.11 Å². The van der Waals surface area contributed by atoms with Gasteiger partial charge in [-0.1, -0.05) is 41.9 Å². The number of amides is 1. The summed E-state index contributed by atoms with van der Waals surface area (Å²) in [5, 5.41) is 13.2. The van der Waals surface area contributed by atoms with Crippen LogP contribution in [-0.4, -0.2) is 41.2 Å². The van der Waals surface area contributed by atoms with Crippen molar-refractivity contribution in [2.45, 2.75) is 32.1 Å². The van der Waals surface area contributed by atoms with Crippen molar-refractivity contribution in [2.75, 3.05) is 7.11 Å². The van der Waals surface area contributed by atoms with Gasteiger partial charge in [-0.05, 0) is 43.7 Å². The number of esters is 1. The second-order valence-corrected chi connectivity index (χ2v) is 7.89. The lowest BCUT2D eigenvalue weighted by molar-refractivity contribution is -0.154. The summed E-state index contributed by atoms with van der Waals surface area (Å²) in [6, 6.07) is 16.6. The number of hydrogen-bond acceptors (Lipinski definition) is 7. The molecule has 0 spiro atoms. The fraction of sp³-hybridized carbons (Fsp3) is 0.240. The van der Waals surface area contributed by atoms with Crippen LogP contribution >= 0.6 is 11.6 Å². The minimum Gasteiger partial charge on any atom is -0.503 e. The molecule has 0 unspecified atom stereocenters. The zero-order valence-corrected chi connectivity index (χ0v) is 19.7. The molecule has 0 fully saturated rings. The summed E-state index contributed by atoms with van der Waals surface area (Å²) in [4.78, 5) is 29.1. The standard InChI is InChI=1S/C25H25ClN2O6/c1-15(28-24(30)21-22(29)20(32-3)13-14-27-21)25(31)33-16(2)23(17-7-5-4-6-8-17)34-19-11-9-18(26)10-12-19/h4-16,23,29H,1-3H3,(H,28,30)/t15-,16-,23-/m0/s1. The maximum atomic E-state index is 12.7. The number of nitrogens with one attached hydrogen (secondary N) is 1. The predicted molar refractivity (Wildman–Crippen MR) is 126 cm³/mol. The largest absolute Gasteiger partial charge is 0.503 e. The van der Waals surface area contributed by atoms with Crippen LogP contribution in [0.3, 0.4) is 0 Å². The van der Waals surface area contributed by atoms with Gasteiger partial charge in [0.1, 0.15) is 17.9 Å². The third-order valence-corrected chi connectivity index (χ3v) is 5.21. The molecule has 3 atom stereocenters. The monoisotopic (exact) mass is 484 g/mol. The lowest BCUT2D eigenvalue weighted by Crippen LogP contribution is -2.42. The lowest BCUT2D eigenvalue weighted by atomic mass is 10.0. The Morgan fingerprint density at radius 3 is 2.35 bits per heavy atom. The van der Waals surface area contributed by atoms with Crippen molar-refractivity contribution in [2.24, 2.45) is 0 Å². The molecule has 0 aliphatic carbocycles. The van der Waals surface area contributed by atoms with Crippen molar-refractivity contribution in [3.63, 3.8) is 0 Å². The molecule has 1 aromatic heterocycles. The van der Waals surface area contributed by atoms with E-state index in [1.54, 1.807) is 31.2 Å². The van der Waals surface area contributed by atoms with Gasteiger partial charge >= 0.3 is 5.97 Å². The average molecular weight is 485 g/mol. The number of carbonyl (C=O) groups is 2. The van der Waals surface area contributed by atoms with Crippen molar-refractivity contribution in [1.29, 1.82) is 0 Å². The van der Waals surface area contributed by atoms with E-state index < -0.39 is 35.9 Å². The van der Waals surface area contributed by atoms with Gasteiger partial charge in [0, 0.05) is 17.3 Å². The Morgan fingerprint density at radius 2 is 1.71 bits per heavy atom. The molecule has 0 bridgehead atoms. The van der Waals surface area contributed by atoms with Crippen LogP contribution in [0.2, 0.25) is 5.02 Å². The predicted octanol–water partition coefficient (Wildman–Crippen LogP) is 4.32. The fourth-order valence-electron chi connectivity index (χ4n) is 3.18. The molecule has 3 rings (SSSR count). The molecule has 0 saturated carbocycles. The van der Waals surface area contributed by atoms with Gasteiger partial charge in [-0.25, -0.2) is 9.78 Å². The number of pyridine rings is 1. The smallest absolute Gasteiger partial charge is 0.328 e. The summed E-state index contributed by atoms with van der Waals surface area (Å²) in [7, 11) is 1.35. The first-order chi connectivity index (χ1) is 16.3. The molecule has 0 saturated heterocycles. The summed E-state index contributed by atoms with van der Waals surface area (Å²) in [5.41, 5.74) is 0.542. The molecule has 0 aliphatic rings. The Labute approximate surface area is 202 Å². The van der Waals surface area contributed by atoms with E-state index in [4.69, 9.17) is 25.8 Å². The Hall–Kier alpha value is -3.78. The van der Waals surface area contributed by atoms with Gasteiger partial charge in [-0.15, -0.1) is 0 Å². The minimum atomic E-state index is -1.02. The molecule has 1 amide bonds. The van der Waals surface area contributed by atoms with Crippen LogP contribution in [0.25, 0.3) is 0 Å². The first-order valence-electron chi connectivity index (χ1n) is 10.5. The van der Waals surface area contributed by atoms with Crippen LogP contribution in [0.4, 0.5) is 0 Å². The molecule has 34 heavy (non-hydrogen) atoms. The number of carbonyl (C=O) groups excluding carboxylic acids is 2. The van der Waals surface area contributed by atoms with Crippen LogP contribution in [0.1, 0.15) is 36.0 Å². The van der Waals surface area contributed by atoms with E-state index in [9.17, 15) is 14.7 Å². The second kappa shape index (κ2) is 11.4. The van der Waals surface area contributed by atoms with Crippen molar-refractivity contribution >= 4 is 23.5 Å². The Morgan fingerprint density at radius 1 is 1.03 bits per heavy atom. The molecule has 2 N–H and O–H groups in total. The molecule has 3 aromatic rings. The molecular formula is C25H25ClN2O6. The summed E-state index contributed by atoms with van der Waals surface area (Å²) in [6.45, 7) is 3.18. The van der Waals surface area contributed by atoms with E-state index in [-0.39, 0.29) is 11.4 Å². The molecule has 8 nitrogen and oxygen atoms in total. The number of benzene rings is 2. The molecule has 0 aliphatic heterocycles. The SMILES string of the molecule is COc1ccnc(C(=O)N[C@@H](C)C(=O)O[C@@H](C)[C@H](Oc2ccc(Cl)cc2)c2ccccc2)c1O. The van der Waals surface area contributed by atoms with Crippen LogP contribution in [0.5, 0.6) is 17.2 Å². The van der Waals surface area contributed by atoms with Crippen LogP contribution in [-0.2, 0) is 9.53 Å². The van der Waals surface area contributed by atoms with Gasteiger partial charge in [-0.3, -0.25) is 4.79 Å². The molecule has 0 radical (unpaired) electrons. The number of nitrogens with zero attached hydrogens (tertiary/aromatic N) is 1. The fourth-order valence-corrected chi connectivity index (χ4v) is 3.30. The van der Waals surface area contributed by atoms with E-state index >= 15 is 0 Å². The number of ether oxygens (including phenoxy) is 3. The summed E-state index contributed by atoms with van der Waals surface area (Å²) in [5.74, 6) is -1.19. The van der Waals surface area contributed by atoms with E-state index in [1.807, 2.05) is 30.3 Å². The van der Waals surface area contributed by atoms with Gasteiger partial charge in [0.15, 0.2) is 23.3 Å². The highest BCUT2D eigenvalue weighted by Crippen LogP contribution is 2.29. The van der Waals surface area contributed by atoms with Gasteiger partial charge in [0.2, 0.25) is 0 Å². The highest BCUT2D eigenvalue weighted by molar-refractivity contribution is 6.30. The summed E-state index contributed by atoms with van der Waals surface area (Å²) >= 11 is 5.96. The highest BCUT2D eigenvalue weighted by Gasteiger charge is 2.28. The number of halogens is 1. The number of aromatic hydroxyl groups is 1. The van der Waals surface area contributed by atoms with E-state index in [2.05, 4.69) is 10.3 Å². The van der Waals surface area contributed by atoms with Crippen molar-refractivity contribution in [1.82, 2.24) is 10.3 Å². The summed E-state index contributed by atoms with van der Waals surface area (Å²) in [6.07, 6.45) is 0.00322. The maximum absolute atomic E-state index is 12.7. The van der Waals surface area contributed by atoms with E-state index in [0.717, 1.165) is 5.56 Å². The highest BCUT2D eigenvalue weighted by atomic mass is 35.5. The zero-order valence-electron chi connectivity index (χ0n) is 18.9. The van der Waals surface area contributed by atoms with Crippen LogP contribution in [0, 0.1) is 0 Å². The number of rotatable bonds is 9. The Balaban J connectivity index is 1.70. The van der Waals surface area contributed by atoms with Gasteiger partial charge in [-0.2, -0.15) is 0 Å². The van der Waals surface area contributed by atoms with Crippen LogP contribution < -0.4 is 14.8 Å². The third kappa shape index (κ3) is 6.17. The molecule has 178 valence electrons. The van der Waals surface area contributed by atoms with Crippen molar-refractivity contribution < 1.29 is 28.9 Å². The molecule has 1 heterocycles. The average Bonchev–Trinajstić information content (AvgIpc) is 2.84. The van der Waals surface area contributed by atoms with E-state index in [0.29, 0.717) is 10.8 Å². The second-order valence-electron chi connectivity index (χ2n) is 7.45. The minimum absolute atomic E-state index is 0.0917. The first kappa shape index (κ1) is 24.9. The molecule has 2 aromatic carbocycles. The first-order valence-corrected chi connectivity index (χ1v) is 10.9. The maximum Gasteiger partial charge on any atom is 0.328 e. The summed E-state index contributed by atoms with van der Waals surface area (Å²) < 4.78 is 16.7. The number of methoxy groups -OCH3 is 1. The number of aromatic nitrogens is 1. The van der Waals surface area contributed by atoms with E-state index in [1.165, 1.54) is 26.3 Å². The topological polar surface area (TPSA) is 107 Å². The quantitative estimate of drug-likeness (QED) is 0.435. The lowest BCUT2D eigenvalue weighted by Gasteiger charge is -2.27.